The summed E-state index contributed by atoms with van der Waals surface area (Å²) < 4.78 is 29.4. The summed E-state index contributed by atoms with van der Waals surface area (Å²) in [5, 5.41) is 2.68. The van der Waals surface area contributed by atoms with Crippen molar-refractivity contribution in [3.05, 3.63) is 29.8 Å². The summed E-state index contributed by atoms with van der Waals surface area (Å²) in [7, 11) is -2.36. The first kappa shape index (κ1) is 19.0. The number of methoxy groups -OCH3 is 1. The average molecular weight is 342 g/mol. The molecule has 0 atom stereocenters. The van der Waals surface area contributed by atoms with E-state index in [-0.39, 0.29) is 12.5 Å². The van der Waals surface area contributed by atoms with E-state index in [0.717, 1.165) is 23.4 Å². The Morgan fingerprint density at radius 3 is 2.30 bits per heavy atom. The zero-order valence-corrected chi connectivity index (χ0v) is 14.4. The second-order valence-electron chi connectivity index (χ2n) is 5.01. The first-order chi connectivity index (χ1) is 10.8. The zero-order chi connectivity index (χ0) is 17.5. The van der Waals surface area contributed by atoms with Gasteiger partial charge in [0.05, 0.1) is 24.6 Å². The number of hydrogen-bond acceptors (Lipinski definition) is 5. The number of carbonyl (C=O) groups excluding carboxylic acids is 2. The molecule has 0 aromatic heterocycles. The fourth-order valence-corrected chi connectivity index (χ4v) is 2.73. The number of sulfonamides is 1. The molecule has 0 bridgehead atoms. The summed E-state index contributed by atoms with van der Waals surface area (Å²) in [6.07, 6.45) is 2.80. The van der Waals surface area contributed by atoms with Crippen LogP contribution in [0.2, 0.25) is 0 Å². The molecule has 1 N–H and O–H groups in total. The number of unbranched alkanes of at least 4 members (excludes halogenated alkanes) is 1. The highest BCUT2D eigenvalue weighted by molar-refractivity contribution is 7.92. The lowest BCUT2D eigenvalue weighted by molar-refractivity contribution is -0.119. The quantitative estimate of drug-likeness (QED) is 0.565. The van der Waals surface area contributed by atoms with Gasteiger partial charge in [0.15, 0.2) is 0 Å². The molecule has 0 heterocycles. The van der Waals surface area contributed by atoms with E-state index in [0.29, 0.717) is 17.8 Å². The first-order valence-electron chi connectivity index (χ1n) is 7.22. The second-order valence-corrected chi connectivity index (χ2v) is 6.92. The molecule has 1 amide bonds. The minimum atomic E-state index is -3.63. The van der Waals surface area contributed by atoms with Crippen LogP contribution in [0.5, 0.6) is 0 Å². The molecule has 23 heavy (non-hydrogen) atoms. The first-order valence-corrected chi connectivity index (χ1v) is 9.07. The summed E-state index contributed by atoms with van der Waals surface area (Å²) in [5.74, 6) is -0.888. The van der Waals surface area contributed by atoms with Crippen molar-refractivity contribution in [3.63, 3.8) is 0 Å². The van der Waals surface area contributed by atoms with E-state index in [1.165, 1.54) is 31.4 Å². The number of esters is 1. The zero-order valence-electron chi connectivity index (χ0n) is 13.5. The number of anilines is 1. The molecule has 1 aromatic rings. The van der Waals surface area contributed by atoms with Crippen LogP contribution in [0.25, 0.3) is 0 Å². The minimum Gasteiger partial charge on any atom is -0.465 e. The normalized spacial score (nSPS) is 10.9. The molecular weight excluding hydrogens is 320 g/mol. The smallest absolute Gasteiger partial charge is 0.337 e. The van der Waals surface area contributed by atoms with E-state index in [1.54, 1.807) is 0 Å². The maximum Gasteiger partial charge on any atom is 0.337 e. The Hall–Kier alpha value is -2.09. The number of carbonyl (C=O) groups is 2. The van der Waals surface area contributed by atoms with Gasteiger partial charge in [-0.15, -0.1) is 0 Å². The second kappa shape index (κ2) is 8.52. The highest BCUT2D eigenvalue weighted by Crippen LogP contribution is 2.18. The molecule has 0 aliphatic heterocycles. The van der Waals surface area contributed by atoms with Gasteiger partial charge in [-0.3, -0.25) is 9.10 Å². The molecule has 128 valence electrons. The lowest BCUT2D eigenvalue weighted by atomic mass is 10.2. The molecule has 0 aliphatic carbocycles. The van der Waals surface area contributed by atoms with Crippen LogP contribution in [0.4, 0.5) is 5.69 Å². The molecule has 0 spiro atoms. The SMILES string of the molecule is CCCCNC(=O)CN(c1ccc(C(=O)OC)cc1)S(C)(=O)=O. The molecule has 1 aromatic carbocycles. The van der Waals surface area contributed by atoms with Gasteiger partial charge in [0.2, 0.25) is 15.9 Å². The van der Waals surface area contributed by atoms with E-state index in [2.05, 4.69) is 10.1 Å². The van der Waals surface area contributed by atoms with E-state index in [4.69, 9.17) is 0 Å². The van der Waals surface area contributed by atoms with Gasteiger partial charge in [0.1, 0.15) is 6.54 Å². The van der Waals surface area contributed by atoms with Gasteiger partial charge >= 0.3 is 5.97 Å². The third-order valence-electron chi connectivity index (χ3n) is 3.12. The van der Waals surface area contributed by atoms with Crippen molar-refractivity contribution < 1.29 is 22.7 Å². The van der Waals surface area contributed by atoms with Crippen molar-refractivity contribution in [2.75, 3.05) is 30.8 Å². The third-order valence-corrected chi connectivity index (χ3v) is 4.26. The molecule has 1 rings (SSSR count). The fraction of sp³-hybridized carbons (Fsp3) is 0.467. The molecule has 0 saturated heterocycles. The van der Waals surface area contributed by atoms with Gasteiger partial charge in [-0.05, 0) is 30.7 Å². The van der Waals surface area contributed by atoms with Crippen molar-refractivity contribution in [1.29, 1.82) is 0 Å². The van der Waals surface area contributed by atoms with E-state index in [9.17, 15) is 18.0 Å². The highest BCUT2D eigenvalue weighted by atomic mass is 32.2. The summed E-state index contributed by atoms with van der Waals surface area (Å²) in [5.41, 5.74) is 0.614. The van der Waals surface area contributed by atoms with Crippen LogP contribution in [-0.2, 0) is 19.6 Å². The summed E-state index contributed by atoms with van der Waals surface area (Å²) in [6.45, 7) is 2.20. The van der Waals surface area contributed by atoms with Crippen molar-refractivity contribution in [2.45, 2.75) is 19.8 Å². The van der Waals surface area contributed by atoms with E-state index in [1.807, 2.05) is 6.92 Å². The maximum absolute atomic E-state index is 11.9. The molecule has 0 saturated carbocycles. The minimum absolute atomic E-state index is 0.303. The number of hydrogen-bond donors (Lipinski definition) is 1. The predicted octanol–water partition coefficient (Wildman–Crippen LogP) is 1.16. The Kier molecular flexibility index (Phi) is 7.02. The number of rotatable bonds is 8. The largest absolute Gasteiger partial charge is 0.465 e. The van der Waals surface area contributed by atoms with Crippen molar-refractivity contribution in [2.24, 2.45) is 0 Å². The number of nitrogens with one attached hydrogen (secondary N) is 1. The Balaban J connectivity index is 2.91. The monoisotopic (exact) mass is 342 g/mol. The van der Waals surface area contributed by atoms with Crippen LogP contribution < -0.4 is 9.62 Å². The Morgan fingerprint density at radius 1 is 1.22 bits per heavy atom. The van der Waals surface area contributed by atoms with Crippen molar-refractivity contribution in [3.8, 4) is 0 Å². The summed E-state index contributed by atoms with van der Waals surface area (Å²) in [6, 6.07) is 5.84. The van der Waals surface area contributed by atoms with Crippen LogP contribution in [0.15, 0.2) is 24.3 Å². The Bertz CT molecular complexity index is 640. The standard InChI is InChI=1S/C15H22N2O5S/c1-4-5-10-16-14(18)11-17(23(3,20)21)13-8-6-12(7-9-13)15(19)22-2/h6-9H,4-5,10-11H2,1-3H3,(H,16,18). The molecule has 8 heteroatoms. The number of benzene rings is 1. The lowest BCUT2D eigenvalue weighted by Gasteiger charge is -2.22. The van der Waals surface area contributed by atoms with Gasteiger partial charge in [0.25, 0.3) is 0 Å². The van der Waals surface area contributed by atoms with Crippen molar-refractivity contribution >= 4 is 27.6 Å². The van der Waals surface area contributed by atoms with Crippen LogP contribution in [0, 0.1) is 0 Å². The molecule has 0 unspecified atom stereocenters. The van der Waals surface area contributed by atoms with Gasteiger partial charge in [0, 0.05) is 6.54 Å². The number of nitrogens with zero attached hydrogens (tertiary/aromatic N) is 1. The van der Waals surface area contributed by atoms with Crippen LogP contribution >= 0.6 is 0 Å². The average Bonchev–Trinajstić information content (AvgIpc) is 2.51. The predicted molar refractivity (Wildman–Crippen MR) is 87.9 cm³/mol. The highest BCUT2D eigenvalue weighted by Gasteiger charge is 2.21. The Labute approximate surface area is 136 Å². The van der Waals surface area contributed by atoms with Crippen LogP contribution in [0.3, 0.4) is 0 Å². The van der Waals surface area contributed by atoms with Crippen molar-refractivity contribution in [1.82, 2.24) is 5.32 Å². The van der Waals surface area contributed by atoms with Gasteiger partial charge in [-0.25, -0.2) is 13.2 Å². The maximum atomic E-state index is 11.9. The molecule has 0 fully saturated rings. The fourth-order valence-electron chi connectivity index (χ4n) is 1.87. The van der Waals surface area contributed by atoms with Crippen LogP contribution in [0.1, 0.15) is 30.1 Å². The van der Waals surface area contributed by atoms with Crippen LogP contribution in [-0.4, -0.2) is 46.7 Å². The summed E-state index contributed by atoms with van der Waals surface area (Å²) in [4.78, 5) is 23.3. The Morgan fingerprint density at radius 2 is 1.83 bits per heavy atom. The molecule has 0 radical (unpaired) electrons. The van der Waals surface area contributed by atoms with E-state index >= 15 is 0 Å². The molecule has 7 nitrogen and oxygen atoms in total. The molecular formula is C15H22N2O5S. The van der Waals surface area contributed by atoms with E-state index < -0.39 is 16.0 Å². The van der Waals surface area contributed by atoms with Gasteiger partial charge < -0.3 is 10.1 Å². The third kappa shape index (κ3) is 5.90. The topological polar surface area (TPSA) is 92.8 Å². The lowest BCUT2D eigenvalue weighted by Crippen LogP contribution is -2.40. The molecule has 0 aliphatic rings. The van der Waals surface area contributed by atoms with Gasteiger partial charge in [-0.2, -0.15) is 0 Å². The number of amides is 1. The number of ether oxygens (including phenoxy) is 1. The van der Waals surface area contributed by atoms with Gasteiger partial charge in [-0.1, -0.05) is 13.3 Å². The summed E-state index contributed by atoms with van der Waals surface area (Å²) >= 11 is 0.